The number of nitrogens with one attached hydrogen (secondary N) is 1. The lowest BCUT2D eigenvalue weighted by atomic mass is 9.92. The third kappa shape index (κ3) is 3.89. The summed E-state index contributed by atoms with van der Waals surface area (Å²) in [5, 5.41) is 2.98. The molecule has 0 bridgehead atoms. The van der Waals surface area contributed by atoms with Crippen molar-refractivity contribution in [1.29, 1.82) is 0 Å². The Bertz CT molecular complexity index is 829. The Balaban J connectivity index is 1.97. The van der Waals surface area contributed by atoms with Gasteiger partial charge in [-0.05, 0) is 49.8 Å². The molecule has 1 heterocycles. The maximum absolute atomic E-state index is 12.4. The molecule has 0 aliphatic heterocycles. The minimum absolute atomic E-state index is 0.0426. The number of fused-ring (bicyclic) bond motifs is 1. The Morgan fingerprint density at radius 2 is 2.04 bits per heavy atom. The first-order valence-electron chi connectivity index (χ1n) is 9.27. The van der Waals surface area contributed by atoms with Crippen LogP contribution in [0, 0.1) is 5.41 Å². The second-order valence-electron chi connectivity index (χ2n) is 8.10. The first-order chi connectivity index (χ1) is 12.3. The quantitative estimate of drug-likeness (QED) is 0.809. The first-order valence-corrected chi connectivity index (χ1v) is 9.27. The number of carbonyl (C=O) groups excluding carboxylic acids is 2. The summed E-state index contributed by atoms with van der Waals surface area (Å²) in [6.07, 6.45) is 3.70. The van der Waals surface area contributed by atoms with Crippen LogP contribution in [0.15, 0.2) is 18.2 Å². The number of anilines is 1. The zero-order chi connectivity index (χ0) is 18.9. The maximum Gasteiger partial charge on any atom is 0.338 e. The van der Waals surface area contributed by atoms with Gasteiger partial charge in [0.2, 0.25) is 11.9 Å². The minimum atomic E-state index is -0.339. The number of benzene rings is 1. The van der Waals surface area contributed by atoms with E-state index in [1.54, 1.807) is 13.0 Å². The molecule has 26 heavy (non-hydrogen) atoms. The molecule has 1 saturated carbocycles. The van der Waals surface area contributed by atoms with Crippen molar-refractivity contribution in [2.45, 2.75) is 59.4 Å². The Labute approximate surface area is 153 Å². The van der Waals surface area contributed by atoms with Crippen molar-refractivity contribution in [3.8, 4) is 0 Å². The molecule has 0 radical (unpaired) electrons. The average molecular weight is 357 g/mol. The van der Waals surface area contributed by atoms with Crippen LogP contribution in [0.5, 0.6) is 0 Å². The lowest BCUT2D eigenvalue weighted by molar-refractivity contribution is -0.117. The summed E-state index contributed by atoms with van der Waals surface area (Å²) < 4.78 is 7.18. The van der Waals surface area contributed by atoms with Crippen LogP contribution in [0.25, 0.3) is 11.0 Å². The van der Waals surface area contributed by atoms with Crippen molar-refractivity contribution >= 4 is 28.9 Å². The van der Waals surface area contributed by atoms with E-state index in [2.05, 4.69) is 14.9 Å². The monoisotopic (exact) mass is 357 g/mol. The van der Waals surface area contributed by atoms with Crippen molar-refractivity contribution < 1.29 is 14.3 Å². The summed E-state index contributed by atoms with van der Waals surface area (Å²) in [4.78, 5) is 29.1. The maximum atomic E-state index is 12.4. The molecule has 6 heteroatoms. The molecule has 6 nitrogen and oxygen atoms in total. The van der Waals surface area contributed by atoms with E-state index in [1.165, 1.54) is 0 Å². The van der Waals surface area contributed by atoms with E-state index in [9.17, 15) is 9.59 Å². The molecule has 0 spiro atoms. The third-order valence-electron chi connectivity index (χ3n) is 4.58. The van der Waals surface area contributed by atoms with Gasteiger partial charge < -0.3 is 9.30 Å². The zero-order valence-corrected chi connectivity index (χ0v) is 16.0. The Morgan fingerprint density at radius 1 is 1.31 bits per heavy atom. The van der Waals surface area contributed by atoms with Crippen LogP contribution in [-0.4, -0.2) is 28.0 Å². The molecule has 1 aliphatic rings. The number of nitrogens with zero attached hydrogens (tertiary/aromatic N) is 2. The van der Waals surface area contributed by atoms with Crippen LogP contribution < -0.4 is 5.32 Å². The summed E-state index contributed by atoms with van der Waals surface area (Å²) >= 11 is 0. The van der Waals surface area contributed by atoms with Crippen LogP contribution in [0.1, 0.15) is 69.8 Å². The molecule has 3 rings (SSSR count). The Kier molecular flexibility index (Phi) is 5.03. The van der Waals surface area contributed by atoms with Crippen molar-refractivity contribution in [3.05, 3.63) is 23.8 Å². The highest BCUT2D eigenvalue weighted by molar-refractivity contribution is 5.96. The second kappa shape index (κ2) is 7.09. The molecule has 1 N–H and O–H groups in total. The van der Waals surface area contributed by atoms with Crippen molar-refractivity contribution in [3.63, 3.8) is 0 Å². The van der Waals surface area contributed by atoms with Gasteiger partial charge >= 0.3 is 5.97 Å². The summed E-state index contributed by atoms with van der Waals surface area (Å²) in [6, 6.07) is 5.66. The molecule has 0 unspecified atom stereocenters. The lowest BCUT2D eigenvalue weighted by Crippen LogP contribution is -2.24. The van der Waals surface area contributed by atoms with Gasteiger partial charge in [0.25, 0.3) is 0 Å². The van der Waals surface area contributed by atoms with Gasteiger partial charge in [-0.15, -0.1) is 0 Å². The van der Waals surface area contributed by atoms with E-state index >= 15 is 0 Å². The van der Waals surface area contributed by atoms with Crippen LogP contribution in [0.3, 0.4) is 0 Å². The van der Waals surface area contributed by atoms with Gasteiger partial charge in [-0.2, -0.15) is 0 Å². The van der Waals surface area contributed by atoms with Crippen LogP contribution in [0.4, 0.5) is 5.95 Å². The van der Waals surface area contributed by atoms with Crippen LogP contribution >= 0.6 is 0 Å². The zero-order valence-electron chi connectivity index (χ0n) is 16.0. The number of hydrogen-bond acceptors (Lipinski definition) is 4. The third-order valence-corrected chi connectivity index (χ3v) is 4.58. The highest BCUT2D eigenvalue weighted by atomic mass is 16.5. The van der Waals surface area contributed by atoms with Gasteiger partial charge in [0.15, 0.2) is 0 Å². The van der Waals surface area contributed by atoms with Gasteiger partial charge in [-0.1, -0.05) is 20.8 Å². The fourth-order valence-electron chi connectivity index (χ4n) is 3.19. The molecule has 1 amide bonds. The fourth-order valence-corrected chi connectivity index (χ4v) is 3.19. The highest BCUT2D eigenvalue weighted by Crippen LogP contribution is 2.37. The molecule has 1 aliphatic carbocycles. The number of aromatic nitrogens is 2. The number of carbonyl (C=O) groups is 2. The largest absolute Gasteiger partial charge is 0.462 e. The van der Waals surface area contributed by atoms with E-state index in [0.717, 1.165) is 30.3 Å². The fraction of sp³-hybridized carbons (Fsp3) is 0.550. The van der Waals surface area contributed by atoms with Crippen molar-refractivity contribution in [2.75, 3.05) is 11.9 Å². The molecule has 1 aromatic carbocycles. The predicted molar refractivity (Wildman–Crippen MR) is 101 cm³/mol. The molecule has 140 valence electrons. The van der Waals surface area contributed by atoms with E-state index in [-0.39, 0.29) is 17.3 Å². The van der Waals surface area contributed by atoms with Gasteiger partial charge in [0.1, 0.15) is 0 Å². The normalized spacial score (nSPS) is 14.9. The molecule has 1 fully saturated rings. The smallest absolute Gasteiger partial charge is 0.338 e. The molecule has 0 atom stereocenters. The predicted octanol–water partition coefficient (Wildman–Crippen LogP) is 4.31. The number of amides is 1. The van der Waals surface area contributed by atoms with Crippen molar-refractivity contribution in [1.82, 2.24) is 9.55 Å². The van der Waals surface area contributed by atoms with Gasteiger partial charge in [-0.3, -0.25) is 10.1 Å². The lowest BCUT2D eigenvalue weighted by Gasteiger charge is -2.29. The summed E-state index contributed by atoms with van der Waals surface area (Å²) in [5.74, 6) is 0.188. The van der Waals surface area contributed by atoms with Crippen molar-refractivity contribution in [2.24, 2.45) is 5.41 Å². The highest BCUT2D eigenvalue weighted by Gasteiger charge is 2.27. The Morgan fingerprint density at radius 3 is 2.62 bits per heavy atom. The molecule has 2 aromatic rings. The number of rotatable bonds is 5. The van der Waals surface area contributed by atoms with E-state index in [1.807, 2.05) is 32.9 Å². The number of hydrogen-bond donors (Lipinski definition) is 1. The minimum Gasteiger partial charge on any atom is -0.462 e. The SMILES string of the molecule is CCOC(=O)c1ccc2nc(NC(=O)CC(C)(C)C)n(C3CCC3)c2c1. The summed E-state index contributed by atoms with van der Waals surface area (Å²) in [6.45, 7) is 8.23. The standard InChI is InChI=1S/C20H27N3O3/c1-5-26-18(25)13-9-10-15-16(11-13)23(14-7-6-8-14)19(21-15)22-17(24)12-20(2,3)4/h9-11,14H,5-8,12H2,1-4H3,(H,21,22,24). The van der Waals surface area contributed by atoms with E-state index in [4.69, 9.17) is 4.74 Å². The molecular weight excluding hydrogens is 330 g/mol. The first kappa shape index (κ1) is 18.4. The Hall–Kier alpha value is -2.37. The number of imidazole rings is 1. The van der Waals surface area contributed by atoms with Gasteiger partial charge in [-0.25, -0.2) is 9.78 Å². The number of esters is 1. The molecule has 0 saturated heterocycles. The van der Waals surface area contributed by atoms with Gasteiger partial charge in [0.05, 0.1) is 23.2 Å². The average Bonchev–Trinajstić information content (AvgIpc) is 2.81. The van der Waals surface area contributed by atoms with Gasteiger partial charge in [0, 0.05) is 12.5 Å². The summed E-state index contributed by atoms with van der Waals surface area (Å²) in [7, 11) is 0. The topological polar surface area (TPSA) is 73.2 Å². The molecule has 1 aromatic heterocycles. The van der Waals surface area contributed by atoms with Crippen LogP contribution in [-0.2, 0) is 9.53 Å². The van der Waals surface area contributed by atoms with E-state index in [0.29, 0.717) is 30.6 Å². The van der Waals surface area contributed by atoms with Crippen LogP contribution in [0.2, 0.25) is 0 Å². The number of ether oxygens (including phenoxy) is 1. The second-order valence-corrected chi connectivity index (χ2v) is 8.10. The summed E-state index contributed by atoms with van der Waals surface area (Å²) in [5.41, 5.74) is 2.06. The van der Waals surface area contributed by atoms with E-state index < -0.39 is 0 Å². The molecular formula is C20H27N3O3.